The predicted octanol–water partition coefficient (Wildman–Crippen LogP) is 2.43. The molecule has 122 valence electrons. The summed E-state index contributed by atoms with van der Waals surface area (Å²) < 4.78 is 15.0. The minimum Gasteiger partial charge on any atom is -0.330 e. The molecule has 0 spiro atoms. The maximum Gasteiger partial charge on any atom is 0.319 e. The maximum absolute atomic E-state index is 13.5. The van der Waals surface area contributed by atoms with E-state index in [1.165, 1.54) is 16.8 Å². The molecule has 0 bridgehead atoms. The Kier molecular flexibility index (Phi) is 4.46. The third kappa shape index (κ3) is 3.54. The minimum absolute atomic E-state index is 0.0984. The second-order valence-electron chi connectivity index (χ2n) is 5.13. The number of aromatic nitrogens is 4. The number of rotatable bonds is 4. The van der Waals surface area contributed by atoms with Crippen molar-refractivity contribution in [3.05, 3.63) is 65.7 Å². The van der Waals surface area contributed by atoms with Gasteiger partial charge in [-0.2, -0.15) is 4.68 Å². The number of para-hydroxylation sites is 1. The molecular weight excluding hydrogens is 311 g/mol. The van der Waals surface area contributed by atoms with Crippen molar-refractivity contribution >= 4 is 11.7 Å². The first-order chi connectivity index (χ1) is 11.6. The van der Waals surface area contributed by atoms with E-state index in [4.69, 9.17) is 0 Å². The van der Waals surface area contributed by atoms with Crippen molar-refractivity contribution < 1.29 is 9.18 Å². The molecule has 0 aliphatic carbocycles. The maximum atomic E-state index is 13.5. The number of nitrogens with zero attached hydrogens (tertiary/aromatic N) is 4. The predicted molar refractivity (Wildman–Crippen MR) is 86.1 cm³/mol. The number of nitrogens with one attached hydrogen (secondary N) is 2. The van der Waals surface area contributed by atoms with Crippen molar-refractivity contribution in [2.45, 2.75) is 13.5 Å². The Balaban J connectivity index is 1.65. The first-order valence-electron chi connectivity index (χ1n) is 7.27. The molecule has 1 aromatic heterocycles. The third-order valence-corrected chi connectivity index (χ3v) is 3.34. The zero-order valence-electron chi connectivity index (χ0n) is 12.9. The van der Waals surface area contributed by atoms with Crippen LogP contribution in [0.5, 0.6) is 0 Å². The van der Waals surface area contributed by atoms with Gasteiger partial charge in [0.25, 0.3) is 0 Å². The molecule has 0 aliphatic heterocycles. The van der Waals surface area contributed by atoms with Crippen LogP contribution in [0.15, 0.2) is 48.5 Å². The fraction of sp³-hybridized carbons (Fsp3) is 0.125. The lowest BCUT2D eigenvalue weighted by molar-refractivity contribution is 0.251. The topological polar surface area (TPSA) is 84.7 Å². The molecule has 24 heavy (non-hydrogen) atoms. The van der Waals surface area contributed by atoms with E-state index in [2.05, 4.69) is 26.2 Å². The lowest BCUT2D eigenvalue weighted by Gasteiger charge is -2.08. The van der Waals surface area contributed by atoms with Gasteiger partial charge in [-0.15, -0.1) is 5.10 Å². The highest BCUT2D eigenvalue weighted by Gasteiger charge is 2.11. The van der Waals surface area contributed by atoms with Crippen LogP contribution in [0.25, 0.3) is 5.69 Å². The van der Waals surface area contributed by atoms with E-state index in [0.29, 0.717) is 5.82 Å². The zero-order valence-corrected chi connectivity index (χ0v) is 12.9. The van der Waals surface area contributed by atoms with Crippen molar-refractivity contribution in [3.63, 3.8) is 0 Å². The SMILES string of the molecule is Cc1ccc(-n2nnnc2CNC(=O)Nc2ccccc2F)cc1. The van der Waals surface area contributed by atoms with Gasteiger partial charge in [0.2, 0.25) is 0 Å². The van der Waals surface area contributed by atoms with Gasteiger partial charge < -0.3 is 10.6 Å². The summed E-state index contributed by atoms with van der Waals surface area (Å²) in [4.78, 5) is 11.9. The first kappa shape index (κ1) is 15.6. The number of tetrazole rings is 1. The molecule has 2 amide bonds. The van der Waals surface area contributed by atoms with E-state index in [9.17, 15) is 9.18 Å². The Morgan fingerprint density at radius 2 is 1.92 bits per heavy atom. The molecule has 7 nitrogen and oxygen atoms in total. The number of benzene rings is 2. The summed E-state index contributed by atoms with van der Waals surface area (Å²) in [6.45, 7) is 2.08. The number of hydrogen-bond acceptors (Lipinski definition) is 4. The summed E-state index contributed by atoms with van der Waals surface area (Å²) in [6.07, 6.45) is 0. The number of anilines is 1. The van der Waals surface area contributed by atoms with Gasteiger partial charge in [-0.05, 0) is 41.6 Å². The number of urea groups is 1. The number of halogens is 1. The molecule has 0 saturated heterocycles. The fourth-order valence-electron chi connectivity index (χ4n) is 2.09. The van der Waals surface area contributed by atoms with Crippen LogP contribution >= 0.6 is 0 Å². The van der Waals surface area contributed by atoms with Crippen LogP contribution in [0, 0.1) is 12.7 Å². The molecule has 0 unspecified atom stereocenters. The van der Waals surface area contributed by atoms with E-state index in [0.717, 1.165) is 11.3 Å². The highest BCUT2D eigenvalue weighted by Crippen LogP contribution is 2.12. The molecule has 0 atom stereocenters. The molecule has 0 radical (unpaired) electrons. The largest absolute Gasteiger partial charge is 0.330 e. The van der Waals surface area contributed by atoms with E-state index in [-0.39, 0.29) is 12.2 Å². The zero-order chi connectivity index (χ0) is 16.9. The molecule has 2 N–H and O–H groups in total. The summed E-state index contributed by atoms with van der Waals surface area (Å²) in [6, 6.07) is 13.0. The number of aryl methyl sites for hydroxylation is 1. The fourth-order valence-corrected chi connectivity index (χ4v) is 2.09. The number of hydrogen-bond donors (Lipinski definition) is 2. The van der Waals surface area contributed by atoms with Gasteiger partial charge in [-0.1, -0.05) is 29.8 Å². The average molecular weight is 326 g/mol. The Morgan fingerprint density at radius 1 is 1.17 bits per heavy atom. The van der Waals surface area contributed by atoms with Crippen LogP contribution < -0.4 is 10.6 Å². The second-order valence-corrected chi connectivity index (χ2v) is 5.13. The number of carbonyl (C=O) groups is 1. The van der Waals surface area contributed by atoms with E-state index in [1.807, 2.05) is 31.2 Å². The van der Waals surface area contributed by atoms with Gasteiger partial charge in [0.1, 0.15) is 5.82 Å². The van der Waals surface area contributed by atoms with Crippen LogP contribution in [-0.2, 0) is 6.54 Å². The lowest BCUT2D eigenvalue weighted by Crippen LogP contribution is -2.29. The van der Waals surface area contributed by atoms with Crippen molar-refractivity contribution in [1.82, 2.24) is 25.5 Å². The summed E-state index contributed by atoms with van der Waals surface area (Å²) in [5.74, 6) is -0.0420. The van der Waals surface area contributed by atoms with E-state index < -0.39 is 11.8 Å². The molecule has 0 fully saturated rings. The molecule has 8 heteroatoms. The standard InChI is InChI=1S/C16H15FN6O/c1-11-6-8-12(9-7-11)23-15(20-21-22-23)10-18-16(24)19-14-5-3-2-4-13(14)17/h2-9H,10H2,1H3,(H2,18,19,24). The molecule has 3 rings (SSSR count). The van der Waals surface area contributed by atoms with Gasteiger partial charge in [0.15, 0.2) is 5.82 Å². The van der Waals surface area contributed by atoms with E-state index >= 15 is 0 Å². The Labute approximate surface area is 137 Å². The van der Waals surface area contributed by atoms with Crippen LogP contribution in [0.2, 0.25) is 0 Å². The molecule has 3 aromatic rings. The van der Waals surface area contributed by atoms with Crippen molar-refractivity contribution in [2.24, 2.45) is 0 Å². The van der Waals surface area contributed by atoms with Gasteiger partial charge >= 0.3 is 6.03 Å². The van der Waals surface area contributed by atoms with Crippen molar-refractivity contribution in [3.8, 4) is 5.69 Å². The highest BCUT2D eigenvalue weighted by atomic mass is 19.1. The van der Waals surface area contributed by atoms with Crippen molar-refractivity contribution in [2.75, 3.05) is 5.32 Å². The van der Waals surface area contributed by atoms with Crippen LogP contribution in [0.4, 0.5) is 14.9 Å². The second kappa shape index (κ2) is 6.86. The summed E-state index contributed by atoms with van der Waals surface area (Å²) in [5, 5.41) is 16.5. The lowest BCUT2D eigenvalue weighted by atomic mass is 10.2. The molecular formula is C16H15FN6O. The quantitative estimate of drug-likeness (QED) is 0.771. The molecule has 0 aliphatic rings. The van der Waals surface area contributed by atoms with Crippen LogP contribution in [0.3, 0.4) is 0 Å². The van der Waals surface area contributed by atoms with Gasteiger partial charge in [-0.3, -0.25) is 0 Å². The summed E-state index contributed by atoms with van der Waals surface area (Å²) in [7, 11) is 0. The van der Waals surface area contributed by atoms with Crippen molar-refractivity contribution in [1.29, 1.82) is 0 Å². The average Bonchev–Trinajstić information content (AvgIpc) is 3.04. The Morgan fingerprint density at radius 3 is 2.67 bits per heavy atom. The third-order valence-electron chi connectivity index (χ3n) is 3.34. The van der Waals surface area contributed by atoms with Crippen LogP contribution in [0.1, 0.15) is 11.4 Å². The number of amides is 2. The van der Waals surface area contributed by atoms with Gasteiger partial charge in [0, 0.05) is 0 Å². The molecule has 2 aromatic carbocycles. The summed E-state index contributed by atoms with van der Waals surface area (Å²) >= 11 is 0. The van der Waals surface area contributed by atoms with Gasteiger partial charge in [0.05, 0.1) is 17.9 Å². The highest BCUT2D eigenvalue weighted by molar-refractivity contribution is 5.89. The Bertz CT molecular complexity index is 846. The monoisotopic (exact) mass is 326 g/mol. The number of carbonyl (C=O) groups excluding carboxylic acids is 1. The van der Waals surface area contributed by atoms with Gasteiger partial charge in [-0.25, -0.2) is 9.18 Å². The first-order valence-corrected chi connectivity index (χ1v) is 7.27. The minimum atomic E-state index is -0.543. The van der Waals surface area contributed by atoms with Crippen LogP contribution in [-0.4, -0.2) is 26.2 Å². The molecule has 1 heterocycles. The van der Waals surface area contributed by atoms with E-state index in [1.54, 1.807) is 12.1 Å². The normalized spacial score (nSPS) is 10.4. The molecule has 0 saturated carbocycles. The smallest absolute Gasteiger partial charge is 0.319 e. The Hall–Kier alpha value is -3.29. The summed E-state index contributed by atoms with van der Waals surface area (Å²) in [5.41, 5.74) is 2.01.